The first-order valence-electron chi connectivity index (χ1n) is 6.79. The van der Waals surface area contributed by atoms with Crippen LogP contribution in [0.4, 0.5) is 5.82 Å². The van der Waals surface area contributed by atoms with E-state index in [1.54, 1.807) is 20.4 Å². The fourth-order valence-electron chi connectivity index (χ4n) is 2.37. The van der Waals surface area contributed by atoms with Gasteiger partial charge in [-0.25, -0.2) is 9.97 Å². The first-order valence-corrected chi connectivity index (χ1v) is 6.79. The van der Waals surface area contributed by atoms with Crippen LogP contribution in [0.3, 0.4) is 0 Å². The Kier molecular flexibility index (Phi) is 3.71. The quantitative estimate of drug-likeness (QED) is 0.422. The number of anilines is 1. The normalized spacial score (nSPS) is 11.2. The van der Waals surface area contributed by atoms with E-state index >= 15 is 0 Å². The molecular weight excluding hydrogens is 296 g/mol. The van der Waals surface area contributed by atoms with E-state index in [-0.39, 0.29) is 5.84 Å². The molecule has 0 radical (unpaired) electrons. The summed E-state index contributed by atoms with van der Waals surface area (Å²) in [5, 5.41) is 11.9. The summed E-state index contributed by atoms with van der Waals surface area (Å²) in [5.41, 5.74) is 6.84. The molecule has 2 aromatic heterocycles. The van der Waals surface area contributed by atoms with Gasteiger partial charge >= 0.3 is 0 Å². The molecule has 0 atom stereocenters. The largest absolute Gasteiger partial charge is 0.493 e. The van der Waals surface area contributed by atoms with Crippen molar-refractivity contribution in [3.8, 4) is 11.5 Å². The zero-order chi connectivity index (χ0) is 16.4. The Hall–Kier alpha value is -3.29. The van der Waals surface area contributed by atoms with Gasteiger partial charge in [0, 0.05) is 17.7 Å². The Morgan fingerprint density at radius 1 is 1.26 bits per heavy atom. The van der Waals surface area contributed by atoms with Crippen molar-refractivity contribution in [2.45, 2.75) is 0 Å². The van der Waals surface area contributed by atoms with Gasteiger partial charge in [-0.15, -0.1) is 0 Å². The van der Waals surface area contributed by atoms with Crippen molar-refractivity contribution in [1.82, 2.24) is 15.0 Å². The highest BCUT2D eigenvalue weighted by Crippen LogP contribution is 2.37. The molecule has 0 saturated carbocycles. The molecule has 0 aliphatic carbocycles. The Morgan fingerprint density at radius 2 is 2.00 bits per heavy atom. The number of nitrogens with two attached hydrogens (primary N) is 1. The van der Waals surface area contributed by atoms with Gasteiger partial charge in [0.05, 0.1) is 25.1 Å². The van der Waals surface area contributed by atoms with Crippen LogP contribution >= 0.6 is 0 Å². The second-order valence-electron chi connectivity index (χ2n) is 4.76. The number of methoxy groups -OCH3 is 2. The average Bonchev–Trinajstić information content (AvgIpc) is 2.91. The second-order valence-corrected chi connectivity index (χ2v) is 4.76. The molecule has 0 aliphatic heterocycles. The summed E-state index contributed by atoms with van der Waals surface area (Å²) in [7, 11) is 3.18. The summed E-state index contributed by atoms with van der Waals surface area (Å²) in [5.74, 6) is 1.81. The number of benzene rings is 1. The lowest BCUT2D eigenvalue weighted by atomic mass is 10.2. The number of hydrogen-bond acceptors (Lipinski definition) is 6. The number of amidine groups is 1. The predicted octanol–water partition coefficient (Wildman–Crippen LogP) is 1.99. The predicted molar refractivity (Wildman–Crippen MR) is 89.2 cm³/mol. The minimum absolute atomic E-state index is 0.0480. The maximum Gasteiger partial charge on any atom is 0.162 e. The summed E-state index contributed by atoms with van der Waals surface area (Å²) in [6.45, 7) is 0. The third kappa shape index (κ3) is 2.61. The molecule has 0 bridgehead atoms. The number of aromatic amines is 1. The molecule has 0 spiro atoms. The minimum Gasteiger partial charge on any atom is -0.493 e. The van der Waals surface area contributed by atoms with Crippen molar-refractivity contribution in [2.24, 2.45) is 5.73 Å². The lowest BCUT2D eigenvalue weighted by molar-refractivity contribution is 0.356. The van der Waals surface area contributed by atoms with Crippen LogP contribution in [0.15, 0.2) is 30.7 Å². The zero-order valence-electron chi connectivity index (χ0n) is 12.7. The number of fused-ring (bicyclic) bond motifs is 3. The van der Waals surface area contributed by atoms with Gasteiger partial charge in [0.25, 0.3) is 0 Å². The van der Waals surface area contributed by atoms with Crippen molar-refractivity contribution >= 4 is 33.6 Å². The highest BCUT2D eigenvalue weighted by molar-refractivity contribution is 6.12. The molecule has 0 aliphatic rings. The number of nitrogens with one attached hydrogen (secondary N) is 3. The fraction of sp³-hybridized carbons (Fsp3) is 0.133. The monoisotopic (exact) mass is 312 g/mol. The standard InChI is InChI=1S/C15H16N6O2/c1-22-10-5-8-9(6-11(10)23-2)21-15-13(8)14(19-7-20-15)18-4-3-12(16)17/h3-7H,1-2H3,(H3,16,17)(H2,18,19,20,21)/b4-3-. The van der Waals surface area contributed by atoms with E-state index < -0.39 is 0 Å². The van der Waals surface area contributed by atoms with E-state index in [0.29, 0.717) is 23.0 Å². The van der Waals surface area contributed by atoms with Crippen LogP contribution in [-0.4, -0.2) is 35.0 Å². The van der Waals surface area contributed by atoms with Gasteiger partial charge in [0.1, 0.15) is 23.6 Å². The van der Waals surface area contributed by atoms with Gasteiger partial charge in [-0.05, 0) is 12.1 Å². The van der Waals surface area contributed by atoms with Crippen LogP contribution < -0.4 is 20.5 Å². The number of H-pyrrole nitrogens is 1. The van der Waals surface area contributed by atoms with Gasteiger partial charge in [0.2, 0.25) is 0 Å². The Balaban J connectivity index is 2.20. The van der Waals surface area contributed by atoms with Crippen LogP contribution in [0.25, 0.3) is 21.9 Å². The zero-order valence-corrected chi connectivity index (χ0v) is 12.7. The highest BCUT2D eigenvalue weighted by atomic mass is 16.5. The van der Waals surface area contributed by atoms with E-state index in [0.717, 1.165) is 16.3 Å². The number of hydrogen-bond donors (Lipinski definition) is 4. The van der Waals surface area contributed by atoms with Crippen molar-refractivity contribution in [1.29, 1.82) is 5.41 Å². The lowest BCUT2D eigenvalue weighted by Gasteiger charge is -2.07. The second kappa shape index (κ2) is 5.84. The van der Waals surface area contributed by atoms with Crippen LogP contribution in [0.5, 0.6) is 11.5 Å². The summed E-state index contributed by atoms with van der Waals surface area (Å²) >= 11 is 0. The molecule has 1 aromatic carbocycles. The van der Waals surface area contributed by atoms with E-state index in [2.05, 4.69) is 20.3 Å². The molecule has 0 unspecified atom stereocenters. The molecule has 3 aromatic rings. The van der Waals surface area contributed by atoms with Gasteiger partial charge in [-0.3, -0.25) is 5.41 Å². The first kappa shape index (κ1) is 14.6. The molecule has 2 heterocycles. The highest BCUT2D eigenvalue weighted by Gasteiger charge is 2.14. The maximum absolute atomic E-state index is 7.20. The first-order chi connectivity index (χ1) is 11.1. The maximum atomic E-state index is 7.20. The summed E-state index contributed by atoms with van der Waals surface area (Å²) in [6, 6.07) is 3.72. The van der Waals surface area contributed by atoms with Crippen LogP contribution in [0, 0.1) is 5.41 Å². The molecule has 0 amide bonds. The van der Waals surface area contributed by atoms with Crippen LogP contribution in [0.1, 0.15) is 0 Å². The van der Waals surface area contributed by atoms with E-state index in [1.807, 2.05) is 12.1 Å². The van der Waals surface area contributed by atoms with Crippen LogP contribution in [-0.2, 0) is 0 Å². The molecule has 8 nitrogen and oxygen atoms in total. The Morgan fingerprint density at radius 3 is 2.70 bits per heavy atom. The van der Waals surface area contributed by atoms with E-state index in [4.69, 9.17) is 20.6 Å². The van der Waals surface area contributed by atoms with Gasteiger partial charge < -0.3 is 25.5 Å². The van der Waals surface area contributed by atoms with Gasteiger partial charge in [0.15, 0.2) is 11.5 Å². The SMILES string of the molecule is COc1cc2[nH]c3ncnc(N/C=C\C(=N)N)c3c2cc1OC. The third-order valence-corrected chi connectivity index (χ3v) is 3.38. The molecule has 0 saturated heterocycles. The number of nitrogens with zero attached hydrogens (tertiary/aromatic N) is 2. The van der Waals surface area contributed by atoms with Crippen LogP contribution in [0.2, 0.25) is 0 Å². The van der Waals surface area contributed by atoms with Gasteiger partial charge in [-0.2, -0.15) is 0 Å². The molecule has 118 valence electrons. The number of rotatable bonds is 5. The molecule has 5 N–H and O–H groups in total. The Bertz CT molecular complexity index is 915. The van der Waals surface area contributed by atoms with Crippen molar-refractivity contribution in [2.75, 3.05) is 19.5 Å². The topological polar surface area (TPSA) is 122 Å². The molecule has 3 rings (SSSR count). The smallest absolute Gasteiger partial charge is 0.162 e. The molecule has 23 heavy (non-hydrogen) atoms. The summed E-state index contributed by atoms with van der Waals surface area (Å²) < 4.78 is 10.7. The summed E-state index contributed by atoms with van der Waals surface area (Å²) in [4.78, 5) is 11.7. The van der Waals surface area contributed by atoms with Crippen molar-refractivity contribution in [3.63, 3.8) is 0 Å². The lowest BCUT2D eigenvalue weighted by Crippen LogP contribution is -2.05. The Labute approximate surface area is 131 Å². The summed E-state index contributed by atoms with van der Waals surface area (Å²) in [6.07, 6.45) is 4.45. The van der Waals surface area contributed by atoms with E-state index in [9.17, 15) is 0 Å². The number of ether oxygens (including phenoxy) is 2. The van der Waals surface area contributed by atoms with Crippen molar-refractivity contribution < 1.29 is 9.47 Å². The molecular formula is C15H16N6O2. The minimum atomic E-state index is -0.0480. The van der Waals surface area contributed by atoms with Crippen molar-refractivity contribution in [3.05, 3.63) is 30.7 Å². The molecule has 8 heteroatoms. The average molecular weight is 312 g/mol. The molecule has 0 fully saturated rings. The van der Waals surface area contributed by atoms with Gasteiger partial charge in [-0.1, -0.05) is 0 Å². The van der Waals surface area contributed by atoms with E-state index in [1.165, 1.54) is 12.4 Å². The fourth-order valence-corrected chi connectivity index (χ4v) is 2.37. The number of aromatic nitrogens is 3. The third-order valence-electron chi connectivity index (χ3n) is 3.38.